The Morgan fingerprint density at radius 1 is 1.88 bits per heavy atom. The molecule has 0 spiro atoms. The summed E-state index contributed by atoms with van der Waals surface area (Å²) in [5, 5.41) is 7.85. The van der Waals surface area contributed by atoms with Crippen LogP contribution in [0.4, 0.5) is 0 Å². The average Bonchev–Trinajstić information content (AvgIpc) is 1.83. The second kappa shape index (κ2) is 4.71. The predicted molar refractivity (Wildman–Crippen MR) is 26.7 cm³/mol. The van der Waals surface area contributed by atoms with Crippen LogP contribution in [0.15, 0.2) is 0 Å². The smallest absolute Gasteiger partial charge is 0.272 e. The summed E-state index contributed by atoms with van der Waals surface area (Å²) in [7, 11) is 1.23. The lowest BCUT2D eigenvalue weighted by Gasteiger charge is -1.90. The fourth-order valence-corrected chi connectivity index (χ4v) is 0.368. The van der Waals surface area contributed by atoms with Crippen LogP contribution in [-0.4, -0.2) is 17.9 Å². The zero-order valence-electron chi connectivity index (χ0n) is 4.29. The molecular weight excluding hydrogens is 130 g/mol. The highest BCUT2D eigenvalue weighted by Gasteiger charge is 1.92. The Morgan fingerprint density at radius 2 is 2.50 bits per heavy atom. The van der Waals surface area contributed by atoms with Crippen LogP contribution in [0.25, 0.3) is 0 Å². The van der Waals surface area contributed by atoms with E-state index in [2.05, 4.69) is 8.37 Å². The maximum atomic E-state index is 10.1. The van der Waals surface area contributed by atoms with Gasteiger partial charge in [0, 0.05) is 0 Å². The van der Waals surface area contributed by atoms with E-state index >= 15 is 0 Å². The van der Waals surface area contributed by atoms with E-state index in [1.807, 2.05) is 0 Å². The molecule has 0 amide bonds. The zero-order chi connectivity index (χ0) is 6.41. The fourth-order valence-electron chi connectivity index (χ4n) is 0.123. The first-order valence-corrected chi connectivity index (χ1v) is 2.77. The summed E-state index contributed by atoms with van der Waals surface area (Å²) in [5.74, 6) is 0. The topological polar surface area (TPSA) is 59.3 Å². The van der Waals surface area contributed by atoms with Gasteiger partial charge < -0.3 is 0 Å². The van der Waals surface area contributed by atoms with Crippen molar-refractivity contribution in [2.24, 2.45) is 0 Å². The maximum absolute atomic E-state index is 10.1. The van der Waals surface area contributed by atoms with Crippen molar-refractivity contribution in [1.29, 1.82) is 5.26 Å². The Balaban J connectivity index is 3.15. The Labute approximate surface area is 49.9 Å². The summed E-state index contributed by atoms with van der Waals surface area (Å²) in [5.41, 5.74) is 0. The number of hydrogen-bond acceptors (Lipinski definition) is 4. The summed E-state index contributed by atoms with van der Waals surface area (Å²) < 4.78 is 18.5. The minimum Gasteiger partial charge on any atom is -0.272 e. The molecule has 0 fully saturated rings. The van der Waals surface area contributed by atoms with Gasteiger partial charge in [0.15, 0.2) is 6.61 Å². The van der Waals surface area contributed by atoms with Gasteiger partial charge in [-0.2, -0.15) is 9.47 Å². The largest absolute Gasteiger partial charge is 0.305 e. The highest BCUT2D eigenvalue weighted by molar-refractivity contribution is 7.75. The predicted octanol–water partition coefficient (Wildman–Crippen LogP) is -0.248. The minimum absolute atomic E-state index is 0.208. The molecule has 0 aromatic carbocycles. The quantitative estimate of drug-likeness (QED) is 0.535. The van der Waals surface area contributed by atoms with Crippen molar-refractivity contribution in [3.05, 3.63) is 0 Å². The molecule has 0 rings (SSSR count). The summed E-state index contributed by atoms with van der Waals surface area (Å²) in [6, 6.07) is 1.64. The Hall–Kier alpha value is -0.440. The first-order chi connectivity index (χ1) is 3.81. The molecule has 1 unspecified atom stereocenters. The van der Waals surface area contributed by atoms with Gasteiger partial charge in [0.05, 0.1) is 13.2 Å². The van der Waals surface area contributed by atoms with E-state index in [1.165, 1.54) is 7.11 Å². The van der Waals surface area contributed by atoms with Crippen molar-refractivity contribution < 1.29 is 12.6 Å². The van der Waals surface area contributed by atoms with Crippen LogP contribution in [0.5, 0.6) is 0 Å². The molecule has 0 aliphatic rings. The lowest BCUT2D eigenvalue weighted by Crippen LogP contribution is -1.97. The molecule has 0 radical (unpaired) electrons. The number of nitrogens with zero attached hydrogens (tertiary/aromatic N) is 1. The third kappa shape index (κ3) is 3.74. The molecule has 0 aromatic heterocycles. The zero-order valence-corrected chi connectivity index (χ0v) is 5.10. The van der Waals surface area contributed by atoms with Crippen LogP contribution in [0, 0.1) is 11.3 Å². The van der Waals surface area contributed by atoms with Crippen LogP contribution in [-0.2, 0) is 19.7 Å². The standard InChI is InChI=1S/C3H5NO3S/c1-6-8(5)7-3-2-4/h3H2,1H3. The lowest BCUT2D eigenvalue weighted by atomic mass is 10.9. The average molecular weight is 135 g/mol. The summed E-state index contributed by atoms with van der Waals surface area (Å²) in [6.07, 6.45) is 0. The molecule has 1 atom stereocenters. The van der Waals surface area contributed by atoms with Gasteiger partial charge in [0.2, 0.25) is 0 Å². The molecule has 46 valence electrons. The third-order valence-corrected chi connectivity index (χ3v) is 0.938. The molecule has 0 aromatic rings. The Bertz CT molecular complexity index is 118. The maximum Gasteiger partial charge on any atom is 0.305 e. The summed E-state index contributed by atoms with van der Waals surface area (Å²) in [6.45, 7) is -0.208. The molecule has 0 saturated carbocycles. The van der Waals surface area contributed by atoms with E-state index in [4.69, 9.17) is 5.26 Å². The molecule has 4 nitrogen and oxygen atoms in total. The van der Waals surface area contributed by atoms with E-state index in [-0.39, 0.29) is 6.61 Å². The van der Waals surface area contributed by atoms with Crippen LogP contribution < -0.4 is 0 Å². The van der Waals surface area contributed by atoms with Gasteiger partial charge in [-0.25, -0.2) is 0 Å². The van der Waals surface area contributed by atoms with Gasteiger partial charge >= 0.3 is 11.4 Å². The third-order valence-electron chi connectivity index (χ3n) is 0.356. The van der Waals surface area contributed by atoms with Gasteiger partial charge in [-0.1, -0.05) is 0 Å². The summed E-state index contributed by atoms with van der Waals surface area (Å²) in [4.78, 5) is 0. The molecule has 0 aliphatic carbocycles. The van der Waals surface area contributed by atoms with Gasteiger partial charge in [0.25, 0.3) is 0 Å². The van der Waals surface area contributed by atoms with Crippen LogP contribution in [0.1, 0.15) is 0 Å². The van der Waals surface area contributed by atoms with Crippen molar-refractivity contribution in [2.45, 2.75) is 0 Å². The first kappa shape index (κ1) is 7.56. The van der Waals surface area contributed by atoms with Crippen molar-refractivity contribution in [1.82, 2.24) is 0 Å². The van der Waals surface area contributed by atoms with Crippen molar-refractivity contribution >= 4 is 11.4 Å². The summed E-state index contributed by atoms with van der Waals surface area (Å²) >= 11 is -1.75. The van der Waals surface area contributed by atoms with Gasteiger partial charge in [-0.15, -0.1) is 0 Å². The van der Waals surface area contributed by atoms with Gasteiger partial charge in [0.1, 0.15) is 0 Å². The van der Waals surface area contributed by atoms with E-state index in [0.717, 1.165) is 0 Å². The highest BCUT2D eigenvalue weighted by Crippen LogP contribution is 1.81. The van der Waals surface area contributed by atoms with Gasteiger partial charge in [-0.3, -0.25) is 8.37 Å². The monoisotopic (exact) mass is 135 g/mol. The fraction of sp³-hybridized carbons (Fsp3) is 0.667. The van der Waals surface area contributed by atoms with Crippen molar-refractivity contribution in [2.75, 3.05) is 13.7 Å². The van der Waals surface area contributed by atoms with Crippen LogP contribution in [0.3, 0.4) is 0 Å². The van der Waals surface area contributed by atoms with Gasteiger partial charge in [-0.05, 0) is 0 Å². The Morgan fingerprint density at radius 3 is 2.88 bits per heavy atom. The Kier molecular flexibility index (Phi) is 4.45. The second-order valence-corrected chi connectivity index (χ2v) is 1.77. The van der Waals surface area contributed by atoms with E-state index < -0.39 is 11.4 Å². The molecule has 0 aliphatic heterocycles. The molecule has 0 N–H and O–H groups in total. The van der Waals surface area contributed by atoms with Crippen molar-refractivity contribution in [3.63, 3.8) is 0 Å². The highest BCUT2D eigenvalue weighted by atomic mass is 32.2. The minimum atomic E-state index is -1.75. The van der Waals surface area contributed by atoms with E-state index in [9.17, 15) is 4.21 Å². The van der Waals surface area contributed by atoms with E-state index in [0.29, 0.717) is 0 Å². The first-order valence-electron chi connectivity index (χ1n) is 1.77. The number of hydrogen-bond donors (Lipinski definition) is 0. The van der Waals surface area contributed by atoms with Crippen molar-refractivity contribution in [3.8, 4) is 6.07 Å². The molecule has 0 saturated heterocycles. The molecule has 0 bridgehead atoms. The number of rotatable bonds is 3. The molecule has 0 heterocycles. The lowest BCUT2D eigenvalue weighted by molar-refractivity contribution is 0.311. The molecular formula is C3H5NO3S. The molecule has 8 heavy (non-hydrogen) atoms. The van der Waals surface area contributed by atoms with E-state index in [1.54, 1.807) is 6.07 Å². The second-order valence-electron chi connectivity index (χ2n) is 0.791. The molecule has 5 heteroatoms. The normalized spacial score (nSPS) is 12.5. The SMILES string of the molecule is COS(=O)OCC#N. The van der Waals surface area contributed by atoms with Crippen LogP contribution >= 0.6 is 0 Å². The number of nitriles is 1. The van der Waals surface area contributed by atoms with Crippen LogP contribution in [0.2, 0.25) is 0 Å².